The highest BCUT2D eigenvalue weighted by Gasteiger charge is 2.16. The fourth-order valence-electron chi connectivity index (χ4n) is 2.46. The van der Waals surface area contributed by atoms with Crippen LogP contribution in [0.25, 0.3) is 0 Å². The number of carboxylic acid groups (broad SMARTS) is 1. The van der Waals surface area contributed by atoms with E-state index in [9.17, 15) is 4.79 Å². The Hall–Kier alpha value is -1.71. The number of benzene rings is 1. The number of carbonyl (C=O) groups is 1. The van der Waals surface area contributed by atoms with Crippen molar-refractivity contribution >= 4 is 17.3 Å². The summed E-state index contributed by atoms with van der Waals surface area (Å²) in [4.78, 5) is 13.2. The molecule has 1 aromatic rings. The molecule has 1 saturated heterocycles. The van der Waals surface area contributed by atoms with Gasteiger partial charge in [0.25, 0.3) is 0 Å². The summed E-state index contributed by atoms with van der Waals surface area (Å²) in [6.07, 6.45) is 3.63. The van der Waals surface area contributed by atoms with Crippen LogP contribution in [0, 0.1) is 5.92 Å². The zero-order valence-electron chi connectivity index (χ0n) is 10.7. The Morgan fingerprint density at radius 1 is 1.39 bits per heavy atom. The molecule has 1 aliphatic rings. The Balaban J connectivity index is 2.18. The van der Waals surface area contributed by atoms with E-state index in [1.165, 1.54) is 19.3 Å². The van der Waals surface area contributed by atoms with Crippen LogP contribution in [0.2, 0.25) is 0 Å². The molecule has 0 saturated carbocycles. The summed E-state index contributed by atoms with van der Waals surface area (Å²) < 4.78 is 0. The largest absolute Gasteiger partial charge is 0.478 e. The van der Waals surface area contributed by atoms with Crippen LogP contribution in [0.1, 0.15) is 36.5 Å². The maximum absolute atomic E-state index is 10.9. The van der Waals surface area contributed by atoms with Gasteiger partial charge in [-0.3, -0.25) is 0 Å². The lowest BCUT2D eigenvalue weighted by atomic mass is 10.0. The summed E-state index contributed by atoms with van der Waals surface area (Å²) in [6.45, 7) is 4.33. The first-order valence-corrected chi connectivity index (χ1v) is 6.45. The summed E-state index contributed by atoms with van der Waals surface area (Å²) in [7, 11) is 0. The van der Waals surface area contributed by atoms with Gasteiger partial charge in [-0.25, -0.2) is 4.79 Å². The second-order valence-corrected chi connectivity index (χ2v) is 5.10. The van der Waals surface area contributed by atoms with Gasteiger partial charge >= 0.3 is 5.97 Å². The number of nitrogen functional groups attached to an aromatic ring is 1. The van der Waals surface area contributed by atoms with Crippen LogP contribution in [0.3, 0.4) is 0 Å². The molecule has 4 heteroatoms. The van der Waals surface area contributed by atoms with Crippen LogP contribution in [-0.2, 0) is 0 Å². The lowest BCUT2D eigenvalue weighted by Crippen LogP contribution is -2.24. The van der Waals surface area contributed by atoms with Crippen molar-refractivity contribution in [1.82, 2.24) is 0 Å². The van der Waals surface area contributed by atoms with Gasteiger partial charge in [-0.05, 0) is 43.4 Å². The van der Waals surface area contributed by atoms with Crippen LogP contribution in [0.4, 0.5) is 11.4 Å². The van der Waals surface area contributed by atoms with Gasteiger partial charge in [-0.15, -0.1) is 0 Å². The number of aromatic carboxylic acids is 1. The third-order valence-electron chi connectivity index (χ3n) is 3.65. The third kappa shape index (κ3) is 2.75. The van der Waals surface area contributed by atoms with Crippen molar-refractivity contribution in [2.45, 2.75) is 26.2 Å². The molecule has 1 fully saturated rings. The predicted octanol–water partition coefficient (Wildman–Crippen LogP) is 2.59. The van der Waals surface area contributed by atoms with E-state index in [2.05, 4.69) is 11.8 Å². The first-order valence-electron chi connectivity index (χ1n) is 6.45. The molecule has 0 bridgehead atoms. The lowest BCUT2D eigenvalue weighted by Gasteiger charge is -2.23. The number of nitrogens with two attached hydrogens (primary N) is 1. The van der Waals surface area contributed by atoms with Crippen molar-refractivity contribution < 1.29 is 9.90 Å². The molecule has 0 aliphatic carbocycles. The van der Waals surface area contributed by atoms with Crippen molar-refractivity contribution in [3.63, 3.8) is 0 Å². The molecular weight excluding hydrogens is 228 g/mol. The second-order valence-electron chi connectivity index (χ2n) is 5.10. The van der Waals surface area contributed by atoms with Crippen molar-refractivity contribution in [2.24, 2.45) is 5.92 Å². The molecule has 1 heterocycles. The maximum atomic E-state index is 10.9. The van der Waals surface area contributed by atoms with E-state index < -0.39 is 5.97 Å². The van der Waals surface area contributed by atoms with E-state index in [0.29, 0.717) is 5.69 Å². The smallest absolute Gasteiger partial charge is 0.337 e. The monoisotopic (exact) mass is 248 g/mol. The molecule has 1 atom stereocenters. The minimum Gasteiger partial charge on any atom is -0.478 e. The highest BCUT2D eigenvalue weighted by atomic mass is 16.4. The Morgan fingerprint density at radius 2 is 2.17 bits per heavy atom. The van der Waals surface area contributed by atoms with Crippen LogP contribution in [0.15, 0.2) is 18.2 Å². The lowest BCUT2D eigenvalue weighted by molar-refractivity contribution is 0.0698. The number of anilines is 2. The van der Waals surface area contributed by atoms with Crippen molar-refractivity contribution in [2.75, 3.05) is 23.7 Å². The Morgan fingerprint density at radius 3 is 2.83 bits per heavy atom. The minimum absolute atomic E-state index is 0.182. The molecule has 18 heavy (non-hydrogen) atoms. The maximum Gasteiger partial charge on any atom is 0.337 e. The molecule has 0 spiro atoms. The molecule has 98 valence electrons. The van der Waals surface area contributed by atoms with Gasteiger partial charge in [-0.2, -0.15) is 0 Å². The number of hydrogen-bond acceptors (Lipinski definition) is 3. The molecule has 1 aliphatic heterocycles. The summed E-state index contributed by atoms with van der Waals surface area (Å²) in [5, 5.41) is 8.95. The van der Waals surface area contributed by atoms with E-state index in [4.69, 9.17) is 10.8 Å². The minimum atomic E-state index is -0.969. The number of rotatable bonds is 2. The van der Waals surface area contributed by atoms with E-state index in [-0.39, 0.29) is 5.56 Å². The predicted molar refractivity (Wildman–Crippen MR) is 73.0 cm³/mol. The van der Waals surface area contributed by atoms with Crippen molar-refractivity contribution in [3.8, 4) is 0 Å². The summed E-state index contributed by atoms with van der Waals surface area (Å²) in [5.41, 5.74) is 7.35. The molecule has 3 N–H and O–H groups in total. The van der Waals surface area contributed by atoms with Crippen molar-refractivity contribution in [3.05, 3.63) is 23.8 Å². The van der Waals surface area contributed by atoms with E-state index in [1.54, 1.807) is 12.1 Å². The normalized spacial score (nSPS) is 20.5. The SMILES string of the molecule is CC1CCCN(c2ccc(C(=O)O)c(N)c2)CC1. The Bertz CT molecular complexity index is 445. The summed E-state index contributed by atoms with van der Waals surface area (Å²) in [6, 6.07) is 5.23. The fraction of sp³-hybridized carbons (Fsp3) is 0.500. The molecule has 2 rings (SSSR count). The molecule has 4 nitrogen and oxygen atoms in total. The van der Waals surface area contributed by atoms with Gasteiger partial charge in [0.2, 0.25) is 0 Å². The zero-order chi connectivity index (χ0) is 13.1. The van der Waals surface area contributed by atoms with Gasteiger partial charge in [-0.1, -0.05) is 6.92 Å². The van der Waals surface area contributed by atoms with Crippen LogP contribution >= 0.6 is 0 Å². The van der Waals surface area contributed by atoms with E-state index in [0.717, 1.165) is 24.7 Å². The van der Waals surface area contributed by atoms with Gasteiger partial charge in [0.1, 0.15) is 0 Å². The van der Waals surface area contributed by atoms with Crippen LogP contribution in [-0.4, -0.2) is 24.2 Å². The highest BCUT2D eigenvalue weighted by Crippen LogP contribution is 2.25. The van der Waals surface area contributed by atoms with Gasteiger partial charge < -0.3 is 15.7 Å². The molecule has 0 radical (unpaired) electrons. The first kappa shape index (κ1) is 12.7. The van der Waals surface area contributed by atoms with Gasteiger partial charge in [0.05, 0.1) is 5.56 Å². The molecular formula is C14H20N2O2. The van der Waals surface area contributed by atoms with E-state index >= 15 is 0 Å². The highest BCUT2D eigenvalue weighted by molar-refractivity contribution is 5.94. The van der Waals surface area contributed by atoms with E-state index in [1.807, 2.05) is 6.07 Å². The quantitative estimate of drug-likeness (QED) is 0.789. The Kier molecular flexibility index (Phi) is 3.75. The molecule has 0 aromatic heterocycles. The van der Waals surface area contributed by atoms with Gasteiger partial charge in [0.15, 0.2) is 0 Å². The summed E-state index contributed by atoms with van der Waals surface area (Å²) >= 11 is 0. The number of hydrogen-bond donors (Lipinski definition) is 2. The van der Waals surface area contributed by atoms with Crippen LogP contribution < -0.4 is 10.6 Å². The van der Waals surface area contributed by atoms with Crippen molar-refractivity contribution in [1.29, 1.82) is 0 Å². The van der Waals surface area contributed by atoms with Gasteiger partial charge in [0, 0.05) is 24.5 Å². The molecule has 1 unspecified atom stereocenters. The third-order valence-corrected chi connectivity index (χ3v) is 3.65. The zero-order valence-corrected chi connectivity index (χ0v) is 10.7. The summed E-state index contributed by atoms with van der Waals surface area (Å²) in [5.74, 6) is -0.200. The standard InChI is InChI=1S/C14H20N2O2/c1-10-3-2-7-16(8-6-10)11-4-5-12(14(17)18)13(15)9-11/h4-5,9-10H,2-3,6-8,15H2,1H3,(H,17,18). The average molecular weight is 248 g/mol. The average Bonchev–Trinajstić information content (AvgIpc) is 2.53. The Labute approximate surface area is 107 Å². The second kappa shape index (κ2) is 5.29. The van der Waals surface area contributed by atoms with Crippen LogP contribution in [0.5, 0.6) is 0 Å². The molecule has 1 aromatic carbocycles. The topological polar surface area (TPSA) is 66.6 Å². The fourth-order valence-corrected chi connectivity index (χ4v) is 2.46. The molecule has 0 amide bonds. The number of carboxylic acids is 1. The first-order chi connectivity index (χ1) is 8.58. The number of nitrogens with zero attached hydrogens (tertiary/aromatic N) is 1.